The molecule has 7 heteroatoms. The van der Waals surface area contributed by atoms with Crippen molar-refractivity contribution in [2.45, 2.75) is 12.8 Å². The number of nitrogens with one attached hydrogen (secondary N) is 2. The van der Waals surface area contributed by atoms with Gasteiger partial charge in [-0.15, -0.1) is 0 Å². The van der Waals surface area contributed by atoms with Gasteiger partial charge < -0.3 is 24.9 Å². The average molecular weight is 421 g/mol. The largest absolute Gasteiger partial charge is 0.507 e. The number of rotatable bonds is 7. The molecule has 7 nitrogen and oxygen atoms in total. The number of H-pyrrole nitrogens is 2. The summed E-state index contributed by atoms with van der Waals surface area (Å²) in [5.41, 5.74) is 4.62. The number of likely N-dealkylation sites (N-methyl/N-ethyl adjacent to an activating group) is 2. The first-order valence-corrected chi connectivity index (χ1v) is 10.4. The Hall–Kier alpha value is -3.16. The summed E-state index contributed by atoms with van der Waals surface area (Å²) < 4.78 is 0. The van der Waals surface area contributed by atoms with Crippen molar-refractivity contribution in [1.82, 2.24) is 19.8 Å². The first kappa shape index (κ1) is 21.1. The molecule has 0 fully saturated rings. The summed E-state index contributed by atoms with van der Waals surface area (Å²) in [5.74, 6) is -0.245. The second-order valence-electron chi connectivity index (χ2n) is 8.60. The van der Waals surface area contributed by atoms with Crippen LogP contribution in [-0.2, 0) is 12.8 Å². The van der Waals surface area contributed by atoms with Crippen molar-refractivity contribution in [3.05, 3.63) is 52.9 Å². The van der Waals surface area contributed by atoms with Gasteiger partial charge in [0.1, 0.15) is 5.75 Å². The Bertz CT molecular complexity index is 1200. The van der Waals surface area contributed by atoms with E-state index in [-0.39, 0.29) is 17.3 Å². The quantitative estimate of drug-likeness (QED) is 0.546. The number of aromatic nitrogens is 2. The molecule has 4 rings (SSSR count). The zero-order chi connectivity index (χ0) is 22.3. The zero-order valence-corrected chi connectivity index (χ0v) is 18.4. The van der Waals surface area contributed by atoms with E-state index in [0.29, 0.717) is 35.5 Å². The number of hydrogen-bond acceptors (Lipinski definition) is 5. The normalized spacial score (nSPS) is 13.7. The van der Waals surface area contributed by atoms with Crippen molar-refractivity contribution in [2.24, 2.45) is 0 Å². The van der Waals surface area contributed by atoms with E-state index >= 15 is 0 Å². The second kappa shape index (κ2) is 8.17. The Kier molecular flexibility index (Phi) is 5.56. The first-order chi connectivity index (χ1) is 14.8. The summed E-state index contributed by atoms with van der Waals surface area (Å²) in [6.45, 7) is 1.57. The molecular weight excluding hydrogens is 392 g/mol. The standard InChI is InChI=1S/C24H28N4O3/c1-27(2)11-9-14-13-25-17-6-5-16(24(31)20(14)17)22-15(10-12-28(3)4)21-18(29)7-8-19(30)23(21)26-22/h5-8,13,25-26,31H,9-12H2,1-4H3. The number of carbonyl (C=O) groups excluding carboxylic acids is 2. The Labute approximate surface area is 181 Å². The molecule has 1 aliphatic rings. The molecule has 0 unspecified atom stereocenters. The van der Waals surface area contributed by atoms with Crippen LogP contribution in [0.5, 0.6) is 5.75 Å². The van der Waals surface area contributed by atoms with Crippen LogP contribution in [0.2, 0.25) is 0 Å². The highest BCUT2D eigenvalue weighted by Gasteiger charge is 2.29. The third kappa shape index (κ3) is 3.82. The molecule has 31 heavy (non-hydrogen) atoms. The van der Waals surface area contributed by atoms with Crippen molar-refractivity contribution in [3.63, 3.8) is 0 Å². The monoisotopic (exact) mass is 420 g/mol. The Morgan fingerprint density at radius 1 is 0.903 bits per heavy atom. The van der Waals surface area contributed by atoms with Crippen LogP contribution in [0.15, 0.2) is 30.5 Å². The van der Waals surface area contributed by atoms with Crippen LogP contribution in [-0.4, -0.2) is 77.7 Å². The maximum Gasteiger partial charge on any atom is 0.202 e. The molecule has 0 saturated carbocycles. The van der Waals surface area contributed by atoms with Crippen LogP contribution in [0.4, 0.5) is 0 Å². The highest BCUT2D eigenvalue weighted by Crippen LogP contribution is 2.41. The molecule has 1 aromatic carbocycles. The van der Waals surface area contributed by atoms with Gasteiger partial charge in [0.15, 0.2) is 5.78 Å². The van der Waals surface area contributed by atoms with Gasteiger partial charge in [-0.25, -0.2) is 0 Å². The van der Waals surface area contributed by atoms with Crippen molar-refractivity contribution in [3.8, 4) is 17.0 Å². The molecule has 0 bridgehead atoms. The highest BCUT2D eigenvalue weighted by molar-refractivity contribution is 6.23. The highest BCUT2D eigenvalue weighted by atomic mass is 16.3. The van der Waals surface area contributed by atoms with Gasteiger partial charge in [-0.3, -0.25) is 9.59 Å². The van der Waals surface area contributed by atoms with E-state index in [1.54, 1.807) is 0 Å². The summed E-state index contributed by atoms with van der Waals surface area (Å²) in [6.07, 6.45) is 5.94. The van der Waals surface area contributed by atoms with Crippen molar-refractivity contribution >= 4 is 22.5 Å². The summed E-state index contributed by atoms with van der Waals surface area (Å²) in [7, 11) is 7.96. The molecule has 3 aromatic rings. The van der Waals surface area contributed by atoms with Gasteiger partial charge in [0, 0.05) is 35.8 Å². The van der Waals surface area contributed by atoms with E-state index in [9.17, 15) is 14.7 Å². The van der Waals surface area contributed by atoms with Gasteiger partial charge >= 0.3 is 0 Å². The number of aromatic amines is 2. The lowest BCUT2D eigenvalue weighted by Gasteiger charge is -2.13. The molecule has 0 atom stereocenters. The molecule has 2 aromatic heterocycles. The SMILES string of the molecule is CN(C)CCc1c(-c2ccc3[nH]cc(CCN(C)C)c3c2O)[nH]c2c1C(=O)C=CC2=O. The maximum absolute atomic E-state index is 12.7. The van der Waals surface area contributed by atoms with Crippen LogP contribution in [0.25, 0.3) is 22.2 Å². The van der Waals surface area contributed by atoms with E-state index in [1.807, 2.05) is 51.4 Å². The smallest absolute Gasteiger partial charge is 0.202 e. The number of benzene rings is 1. The zero-order valence-electron chi connectivity index (χ0n) is 18.4. The van der Waals surface area contributed by atoms with Crippen molar-refractivity contribution in [2.75, 3.05) is 41.3 Å². The van der Waals surface area contributed by atoms with Crippen LogP contribution in [0.1, 0.15) is 32.0 Å². The van der Waals surface area contributed by atoms with Gasteiger partial charge in [0.25, 0.3) is 0 Å². The number of phenols is 1. The molecule has 1 aliphatic carbocycles. The lowest BCUT2D eigenvalue weighted by Crippen LogP contribution is -2.17. The number of phenolic OH excluding ortho intramolecular Hbond substituents is 1. The molecule has 0 amide bonds. The average Bonchev–Trinajstić information content (AvgIpc) is 3.30. The number of nitrogens with zero attached hydrogens (tertiary/aromatic N) is 2. The Morgan fingerprint density at radius 2 is 1.58 bits per heavy atom. The number of hydrogen-bond donors (Lipinski definition) is 3. The van der Waals surface area contributed by atoms with E-state index in [1.165, 1.54) is 12.2 Å². The third-order valence-electron chi connectivity index (χ3n) is 5.79. The Morgan fingerprint density at radius 3 is 2.29 bits per heavy atom. The molecule has 0 spiro atoms. The van der Waals surface area contributed by atoms with E-state index < -0.39 is 0 Å². The summed E-state index contributed by atoms with van der Waals surface area (Å²) in [5, 5.41) is 12.1. The molecular formula is C24H28N4O3. The van der Waals surface area contributed by atoms with Crippen LogP contribution in [0, 0.1) is 0 Å². The van der Waals surface area contributed by atoms with E-state index in [4.69, 9.17) is 0 Å². The Balaban J connectivity index is 1.88. The van der Waals surface area contributed by atoms with Crippen LogP contribution < -0.4 is 0 Å². The summed E-state index contributed by atoms with van der Waals surface area (Å²) in [4.78, 5) is 35.7. The maximum atomic E-state index is 12.7. The summed E-state index contributed by atoms with van der Waals surface area (Å²) in [6, 6.07) is 3.77. The van der Waals surface area contributed by atoms with E-state index in [2.05, 4.69) is 14.9 Å². The first-order valence-electron chi connectivity index (χ1n) is 10.4. The van der Waals surface area contributed by atoms with Crippen molar-refractivity contribution < 1.29 is 14.7 Å². The van der Waals surface area contributed by atoms with Crippen molar-refractivity contribution in [1.29, 1.82) is 0 Å². The van der Waals surface area contributed by atoms with Gasteiger partial charge in [0.2, 0.25) is 5.78 Å². The second-order valence-corrected chi connectivity index (χ2v) is 8.60. The number of aromatic hydroxyl groups is 1. The molecule has 2 heterocycles. The van der Waals surface area contributed by atoms with Crippen LogP contribution in [0.3, 0.4) is 0 Å². The number of allylic oxidation sites excluding steroid dienone is 2. The minimum absolute atomic E-state index is 0.157. The minimum Gasteiger partial charge on any atom is -0.507 e. The minimum atomic E-state index is -0.221. The number of fused-ring (bicyclic) bond motifs is 2. The molecule has 0 saturated heterocycles. The molecule has 3 N–H and O–H groups in total. The van der Waals surface area contributed by atoms with Gasteiger partial charge in [0.05, 0.1) is 17.0 Å². The van der Waals surface area contributed by atoms with Gasteiger partial charge in [-0.05, 0) is 76.4 Å². The van der Waals surface area contributed by atoms with Gasteiger partial charge in [-0.1, -0.05) is 0 Å². The molecule has 162 valence electrons. The van der Waals surface area contributed by atoms with E-state index in [0.717, 1.165) is 35.0 Å². The fourth-order valence-corrected chi connectivity index (χ4v) is 4.15. The molecule has 0 aliphatic heterocycles. The fourth-order valence-electron chi connectivity index (χ4n) is 4.15. The number of ketones is 2. The summed E-state index contributed by atoms with van der Waals surface area (Å²) >= 11 is 0. The topological polar surface area (TPSA) is 92.4 Å². The van der Waals surface area contributed by atoms with Gasteiger partial charge in [-0.2, -0.15) is 0 Å². The molecule has 0 radical (unpaired) electrons. The van der Waals surface area contributed by atoms with Crippen LogP contribution >= 0.6 is 0 Å². The lowest BCUT2D eigenvalue weighted by molar-refractivity contribution is 0.0991. The predicted octanol–water partition coefficient (Wildman–Crippen LogP) is 3.01. The predicted molar refractivity (Wildman–Crippen MR) is 122 cm³/mol. The fraction of sp³-hybridized carbons (Fsp3) is 0.333. The lowest BCUT2D eigenvalue weighted by atomic mass is 9.93. The third-order valence-corrected chi connectivity index (χ3v) is 5.79. The number of carbonyl (C=O) groups is 2.